The second kappa shape index (κ2) is 7.77. The number of amides is 1. The molecule has 1 aliphatic rings. The number of hydrogen-bond acceptors (Lipinski definition) is 4. The summed E-state index contributed by atoms with van der Waals surface area (Å²) in [5, 5.41) is 3.43. The van der Waals surface area contributed by atoms with Gasteiger partial charge in [0.2, 0.25) is 0 Å². The van der Waals surface area contributed by atoms with E-state index < -0.39 is 5.60 Å². The summed E-state index contributed by atoms with van der Waals surface area (Å²) in [7, 11) is 0. The van der Waals surface area contributed by atoms with Gasteiger partial charge in [-0.25, -0.2) is 4.79 Å². The molecule has 2 rings (SSSR count). The van der Waals surface area contributed by atoms with Gasteiger partial charge in [-0.2, -0.15) is 0 Å². The predicted molar refractivity (Wildman–Crippen MR) is 91.3 cm³/mol. The molecule has 0 aliphatic carbocycles. The maximum atomic E-state index is 12.4. The van der Waals surface area contributed by atoms with Gasteiger partial charge in [-0.15, -0.1) is 0 Å². The molecule has 2 heterocycles. The summed E-state index contributed by atoms with van der Waals surface area (Å²) in [5.74, 6) is 0. The van der Waals surface area contributed by atoms with Crippen LogP contribution in [-0.2, 0) is 11.3 Å². The van der Waals surface area contributed by atoms with Crippen LogP contribution < -0.4 is 5.32 Å². The SMILES string of the molecule is Cc1cccc(CNCC2CCCCN2C(=O)OC(C)(C)C)n1. The van der Waals surface area contributed by atoms with Gasteiger partial charge in [0.15, 0.2) is 0 Å². The molecule has 1 amide bonds. The van der Waals surface area contributed by atoms with E-state index in [4.69, 9.17) is 4.74 Å². The van der Waals surface area contributed by atoms with E-state index in [0.29, 0.717) is 0 Å². The second-order valence-electron chi connectivity index (χ2n) is 7.22. The minimum Gasteiger partial charge on any atom is -0.444 e. The lowest BCUT2D eigenvalue weighted by Gasteiger charge is -2.36. The molecule has 0 saturated carbocycles. The lowest BCUT2D eigenvalue weighted by Crippen LogP contribution is -2.50. The number of likely N-dealkylation sites (tertiary alicyclic amines) is 1. The van der Waals surface area contributed by atoms with Crippen LogP contribution in [0.25, 0.3) is 0 Å². The third-order valence-electron chi connectivity index (χ3n) is 3.89. The molecule has 0 radical (unpaired) electrons. The fourth-order valence-corrected chi connectivity index (χ4v) is 2.84. The van der Waals surface area contributed by atoms with Crippen molar-refractivity contribution in [3.8, 4) is 0 Å². The molecular weight excluding hydrogens is 290 g/mol. The quantitative estimate of drug-likeness (QED) is 0.925. The number of carbonyl (C=O) groups excluding carboxylic acids is 1. The van der Waals surface area contributed by atoms with Gasteiger partial charge >= 0.3 is 6.09 Å². The zero-order valence-corrected chi connectivity index (χ0v) is 14.8. The molecule has 0 spiro atoms. The molecule has 0 bridgehead atoms. The van der Waals surface area contributed by atoms with Crippen LogP contribution in [0.2, 0.25) is 0 Å². The Kier molecular flexibility index (Phi) is 5.99. The Morgan fingerprint density at radius 3 is 2.87 bits per heavy atom. The monoisotopic (exact) mass is 319 g/mol. The smallest absolute Gasteiger partial charge is 0.410 e. The maximum Gasteiger partial charge on any atom is 0.410 e. The molecule has 5 heteroatoms. The molecular formula is C18H29N3O2. The van der Waals surface area contributed by atoms with Crippen LogP contribution in [0.15, 0.2) is 18.2 Å². The minimum absolute atomic E-state index is 0.197. The second-order valence-corrected chi connectivity index (χ2v) is 7.22. The molecule has 1 saturated heterocycles. The lowest BCUT2D eigenvalue weighted by molar-refractivity contribution is 0.00993. The topological polar surface area (TPSA) is 54.5 Å². The first-order chi connectivity index (χ1) is 10.8. The fourth-order valence-electron chi connectivity index (χ4n) is 2.84. The number of hydrogen-bond donors (Lipinski definition) is 1. The van der Waals surface area contributed by atoms with Crippen molar-refractivity contribution < 1.29 is 9.53 Å². The summed E-state index contributed by atoms with van der Waals surface area (Å²) in [6.45, 7) is 10.00. The number of piperidine rings is 1. The summed E-state index contributed by atoms with van der Waals surface area (Å²) in [5.41, 5.74) is 1.61. The number of nitrogens with one attached hydrogen (secondary N) is 1. The van der Waals surface area contributed by atoms with Gasteiger partial charge in [-0.3, -0.25) is 4.98 Å². The Bertz CT molecular complexity index is 525. The Balaban J connectivity index is 1.87. The van der Waals surface area contributed by atoms with E-state index in [1.165, 1.54) is 0 Å². The van der Waals surface area contributed by atoms with E-state index in [1.54, 1.807) is 0 Å². The van der Waals surface area contributed by atoms with E-state index in [2.05, 4.69) is 10.3 Å². The summed E-state index contributed by atoms with van der Waals surface area (Å²) < 4.78 is 5.53. The third kappa shape index (κ3) is 5.82. The molecule has 1 atom stereocenters. The van der Waals surface area contributed by atoms with E-state index >= 15 is 0 Å². The largest absolute Gasteiger partial charge is 0.444 e. The zero-order valence-electron chi connectivity index (χ0n) is 14.8. The van der Waals surface area contributed by atoms with Gasteiger partial charge in [0.25, 0.3) is 0 Å². The first kappa shape index (κ1) is 17.7. The third-order valence-corrected chi connectivity index (χ3v) is 3.89. The first-order valence-electron chi connectivity index (χ1n) is 8.48. The van der Waals surface area contributed by atoms with E-state index in [9.17, 15) is 4.79 Å². The molecule has 1 unspecified atom stereocenters. The summed E-state index contributed by atoms with van der Waals surface area (Å²) in [4.78, 5) is 18.7. The average Bonchev–Trinajstić information content (AvgIpc) is 2.46. The van der Waals surface area contributed by atoms with Crippen molar-refractivity contribution in [1.29, 1.82) is 0 Å². The Morgan fingerprint density at radius 1 is 1.39 bits per heavy atom. The van der Waals surface area contributed by atoms with Gasteiger partial charge in [-0.1, -0.05) is 6.07 Å². The number of nitrogens with zero attached hydrogens (tertiary/aromatic N) is 2. The van der Waals surface area contributed by atoms with Crippen molar-refractivity contribution in [1.82, 2.24) is 15.2 Å². The van der Waals surface area contributed by atoms with Gasteiger partial charge in [-0.05, 0) is 59.1 Å². The van der Waals surface area contributed by atoms with Crippen molar-refractivity contribution in [3.05, 3.63) is 29.6 Å². The molecule has 1 aromatic heterocycles. The van der Waals surface area contributed by atoms with E-state index in [-0.39, 0.29) is 12.1 Å². The van der Waals surface area contributed by atoms with Crippen molar-refractivity contribution in [3.63, 3.8) is 0 Å². The number of carbonyl (C=O) groups is 1. The highest BCUT2D eigenvalue weighted by atomic mass is 16.6. The predicted octanol–water partition coefficient (Wildman–Crippen LogP) is 3.27. The molecule has 1 aliphatic heterocycles. The molecule has 23 heavy (non-hydrogen) atoms. The number of aryl methyl sites for hydroxylation is 1. The van der Waals surface area contributed by atoms with Gasteiger partial charge in [0.05, 0.1) is 5.69 Å². The molecule has 1 fully saturated rings. The van der Waals surface area contributed by atoms with Crippen molar-refractivity contribution in [2.24, 2.45) is 0 Å². The zero-order chi connectivity index (χ0) is 16.9. The van der Waals surface area contributed by atoms with Crippen LogP contribution in [0.3, 0.4) is 0 Å². The normalized spacial score (nSPS) is 18.8. The van der Waals surface area contributed by atoms with Gasteiger partial charge < -0.3 is 15.0 Å². The maximum absolute atomic E-state index is 12.4. The molecule has 1 aromatic rings. The van der Waals surface area contributed by atoms with Crippen LogP contribution in [0.1, 0.15) is 51.4 Å². The van der Waals surface area contributed by atoms with Gasteiger partial charge in [0.1, 0.15) is 5.60 Å². The molecule has 0 aromatic carbocycles. The standard InChI is InChI=1S/C18H29N3O2/c1-14-8-7-9-15(20-14)12-19-13-16-10-5-6-11-21(16)17(22)23-18(2,3)4/h7-9,16,19H,5-6,10-13H2,1-4H3. The number of rotatable bonds is 4. The lowest BCUT2D eigenvalue weighted by atomic mass is 10.0. The van der Waals surface area contributed by atoms with Crippen LogP contribution in [0.4, 0.5) is 4.79 Å². The number of aromatic nitrogens is 1. The summed E-state index contributed by atoms with van der Waals surface area (Å²) >= 11 is 0. The molecule has 5 nitrogen and oxygen atoms in total. The number of pyridine rings is 1. The first-order valence-corrected chi connectivity index (χ1v) is 8.48. The van der Waals surface area contributed by atoms with Crippen LogP contribution in [0.5, 0.6) is 0 Å². The average molecular weight is 319 g/mol. The van der Waals surface area contributed by atoms with E-state index in [1.807, 2.05) is 50.8 Å². The number of ether oxygens (including phenoxy) is 1. The molecule has 1 N–H and O–H groups in total. The van der Waals surface area contributed by atoms with Crippen molar-refractivity contribution >= 4 is 6.09 Å². The van der Waals surface area contributed by atoms with Gasteiger partial charge in [0, 0.05) is 31.4 Å². The molecule has 128 valence electrons. The van der Waals surface area contributed by atoms with Crippen molar-refractivity contribution in [2.45, 2.75) is 65.1 Å². The fraction of sp³-hybridized carbons (Fsp3) is 0.667. The Hall–Kier alpha value is -1.62. The van der Waals surface area contributed by atoms with E-state index in [0.717, 1.165) is 50.3 Å². The van der Waals surface area contributed by atoms with Crippen LogP contribution in [-0.4, -0.2) is 40.7 Å². The minimum atomic E-state index is -0.446. The Labute approximate surface area is 139 Å². The van der Waals surface area contributed by atoms with Crippen LogP contribution >= 0.6 is 0 Å². The highest BCUT2D eigenvalue weighted by molar-refractivity contribution is 5.68. The van der Waals surface area contributed by atoms with Crippen molar-refractivity contribution in [2.75, 3.05) is 13.1 Å². The summed E-state index contributed by atoms with van der Waals surface area (Å²) in [6.07, 6.45) is 3.04. The van der Waals surface area contributed by atoms with Crippen LogP contribution in [0, 0.1) is 6.92 Å². The highest BCUT2D eigenvalue weighted by Gasteiger charge is 2.30. The highest BCUT2D eigenvalue weighted by Crippen LogP contribution is 2.20. The Morgan fingerprint density at radius 2 is 2.17 bits per heavy atom. The summed E-state index contributed by atoms with van der Waals surface area (Å²) in [6, 6.07) is 6.23.